The molecule has 0 saturated carbocycles. The van der Waals surface area contributed by atoms with Crippen molar-refractivity contribution in [2.24, 2.45) is 0 Å². The van der Waals surface area contributed by atoms with Gasteiger partial charge >= 0.3 is 0 Å². The molecule has 0 aliphatic carbocycles. The zero-order valence-electron chi connectivity index (χ0n) is 17.6. The number of anilines is 1. The van der Waals surface area contributed by atoms with Gasteiger partial charge in [-0.3, -0.25) is 15.1 Å². The molecule has 0 atom stereocenters. The lowest BCUT2D eigenvalue weighted by Crippen LogP contribution is -2.17. The van der Waals surface area contributed by atoms with Crippen LogP contribution in [0.15, 0.2) is 78.3 Å². The standard InChI is InChI=1S/C25H20FN5OS/c26-18-10-8-17(9-11-18)15-23-28-21(16-33-23)24(32)30-25-29-20-6-1-2-7-22(20)31(25)14-12-19-5-3-4-13-27-19/h1-11,13,16H,12,14-15H2,(H,29,30,32). The van der Waals surface area contributed by atoms with Crippen LogP contribution in [0.1, 0.15) is 26.8 Å². The van der Waals surface area contributed by atoms with Crippen LogP contribution in [0, 0.1) is 5.82 Å². The summed E-state index contributed by atoms with van der Waals surface area (Å²) in [5, 5.41) is 5.44. The summed E-state index contributed by atoms with van der Waals surface area (Å²) >= 11 is 1.40. The van der Waals surface area contributed by atoms with Gasteiger partial charge in [0.15, 0.2) is 0 Å². The molecule has 5 rings (SSSR count). The van der Waals surface area contributed by atoms with Crippen molar-refractivity contribution in [3.8, 4) is 0 Å². The molecule has 0 radical (unpaired) electrons. The van der Waals surface area contributed by atoms with E-state index in [2.05, 4.69) is 20.3 Å². The first kappa shape index (κ1) is 21.0. The van der Waals surface area contributed by atoms with Gasteiger partial charge in [-0.05, 0) is 42.0 Å². The fraction of sp³-hybridized carbons (Fsp3) is 0.120. The Bertz CT molecular complexity index is 1400. The molecule has 0 saturated heterocycles. The van der Waals surface area contributed by atoms with Crippen LogP contribution < -0.4 is 5.32 Å². The van der Waals surface area contributed by atoms with E-state index in [1.54, 1.807) is 23.7 Å². The highest BCUT2D eigenvalue weighted by atomic mass is 32.1. The summed E-state index contributed by atoms with van der Waals surface area (Å²) in [6, 6.07) is 19.9. The molecule has 1 N–H and O–H groups in total. The number of pyridine rings is 1. The Hall–Kier alpha value is -3.91. The highest BCUT2D eigenvalue weighted by Gasteiger charge is 2.17. The van der Waals surface area contributed by atoms with E-state index in [0.717, 1.165) is 27.3 Å². The van der Waals surface area contributed by atoms with E-state index in [1.807, 2.05) is 47.0 Å². The van der Waals surface area contributed by atoms with Crippen LogP contribution in [0.4, 0.5) is 10.3 Å². The van der Waals surface area contributed by atoms with Crippen LogP contribution in [0.25, 0.3) is 11.0 Å². The van der Waals surface area contributed by atoms with Crippen molar-refractivity contribution in [3.63, 3.8) is 0 Å². The molecule has 5 aromatic rings. The second-order valence-corrected chi connectivity index (χ2v) is 8.47. The number of benzene rings is 2. The maximum absolute atomic E-state index is 13.1. The summed E-state index contributed by atoms with van der Waals surface area (Å²) < 4.78 is 15.1. The van der Waals surface area contributed by atoms with Crippen molar-refractivity contribution in [1.82, 2.24) is 19.5 Å². The molecule has 33 heavy (non-hydrogen) atoms. The van der Waals surface area contributed by atoms with Gasteiger partial charge in [-0.15, -0.1) is 11.3 Å². The van der Waals surface area contributed by atoms with Crippen LogP contribution in [0.3, 0.4) is 0 Å². The number of amides is 1. The number of aromatic nitrogens is 4. The molecule has 3 aromatic heterocycles. The summed E-state index contributed by atoms with van der Waals surface area (Å²) in [6.07, 6.45) is 3.03. The number of hydrogen-bond acceptors (Lipinski definition) is 5. The topological polar surface area (TPSA) is 72.7 Å². The van der Waals surface area contributed by atoms with E-state index in [-0.39, 0.29) is 11.7 Å². The highest BCUT2D eigenvalue weighted by molar-refractivity contribution is 7.09. The average molecular weight is 458 g/mol. The number of nitrogens with one attached hydrogen (secondary N) is 1. The van der Waals surface area contributed by atoms with Crippen LogP contribution >= 0.6 is 11.3 Å². The van der Waals surface area contributed by atoms with Gasteiger partial charge < -0.3 is 4.57 Å². The molecule has 0 bridgehead atoms. The summed E-state index contributed by atoms with van der Waals surface area (Å²) in [5.41, 5.74) is 4.00. The number of rotatable bonds is 7. The number of carbonyl (C=O) groups is 1. The summed E-state index contributed by atoms with van der Waals surface area (Å²) in [7, 11) is 0. The number of thiazole rings is 1. The maximum Gasteiger partial charge on any atom is 0.277 e. The van der Waals surface area contributed by atoms with Crippen LogP contribution in [0.2, 0.25) is 0 Å². The fourth-order valence-corrected chi connectivity index (χ4v) is 4.42. The number of carbonyl (C=O) groups excluding carboxylic acids is 1. The van der Waals surface area contributed by atoms with E-state index in [9.17, 15) is 9.18 Å². The molecule has 3 heterocycles. The SMILES string of the molecule is O=C(Nc1nc2ccccc2n1CCc1ccccn1)c1csc(Cc2ccc(F)cc2)n1. The maximum atomic E-state index is 13.1. The van der Waals surface area contributed by atoms with Gasteiger partial charge in [0, 0.05) is 36.7 Å². The average Bonchev–Trinajstić information content (AvgIpc) is 3.44. The number of fused-ring (bicyclic) bond motifs is 1. The normalized spacial score (nSPS) is 11.1. The van der Waals surface area contributed by atoms with Crippen molar-refractivity contribution in [1.29, 1.82) is 0 Å². The fourth-order valence-electron chi connectivity index (χ4n) is 3.61. The van der Waals surface area contributed by atoms with Crippen molar-refractivity contribution in [3.05, 3.63) is 106 Å². The predicted octanol–water partition coefficient (Wildman–Crippen LogP) is 5.11. The number of aryl methyl sites for hydroxylation is 2. The zero-order valence-corrected chi connectivity index (χ0v) is 18.4. The first-order valence-corrected chi connectivity index (χ1v) is 11.4. The van der Waals surface area contributed by atoms with Crippen molar-refractivity contribution >= 4 is 34.2 Å². The van der Waals surface area contributed by atoms with Crippen molar-refractivity contribution in [2.45, 2.75) is 19.4 Å². The number of hydrogen-bond donors (Lipinski definition) is 1. The Morgan fingerprint density at radius 2 is 1.82 bits per heavy atom. The molecule has 0 spiro atoms. The third kappa shape index (κ3) is 4.80. The Labute approximate surface area is 193 Å². The molecule has 6 nitrogen and oxygen atoms in total. The van der Waals surface area contributed by atoms with Crippen molar-refractivity contribution in [2.75, 3.05) is 5.32 Å². The lowest BCUT2D eigenvalue weighted by atomic mass is 10.1. The first-order chi connectivity index (χ1) is 16.2. The third-order valence-corrected chi connectivity index (χ3v) is 6.10. The number of para-hydroxylation sites is 2. The molecule has 0 aliphatic rings. The van der Waals surface area contributed by atoms with Gasteiger partial charge in [-0.25, -0.2) is 14.4 Å². The Kier molecular flexibility index (Phi) is 5.91. The van der Waals surface area contributed by atoms with Crippen LogP contribution in [0.5, 0.6) is 0 Å². The Morgan fingerprint density at radius 3 is 2.64 bits per heavy atom. The van der Waals surface area contributed by atoms with Gasteiger partial charge in [-0.1, -0.05) is 30.3 Å². The summed E-state index contributed by atoms with van der Waals surface area (Å²) in [5.74, 6) is -0.111. The van der Waals surface area contributed by atoms with E-state index >= 15 is 0 Å². The first-order valence-electron chi connectivity index (χ1n) is 10.5. The summed E-state index contributed by atoms with van der Waals surface area (Å²) in [6.45, 7) is 0.625. The van der Waals surface area contributed by atoms with Gasteiger partial charge in [0.25, 0.3) is 5.91 Å². The zero-order chi connectivity index (χ0) is 22.6. The molecule has 0 unspecified atom stereocenters. The molecular formula is C25H20FN5OS. The van der Waals surface area contributed by atoms with Gasteiger partial charge in [0.05, 0.1) is 16.0 Å². The Balaban J connectivity index is 1.34. The number of imidazole rings is 1. The smallest absolute Gasteiger partial charge is 0.277 e. The molecule has 164 valence electrons. The molecule has 1 amide bonds. The minimum Gasteiger partial charge on any atom is -0.310 e. The van der Waals surface area contributed by atoms with Crippen LogP contribution in [-0.2, 0) is 19.4 Å². The largest absolute Gasteiger partial charge is 0.310 e. The van der Waals surface area contributed by atoms with E-state index in [0.29, 0.717) is 31.0 Å². The monoisotopic (exact) mass is 457 g/mol. The lowest BCUT2D eigenvalue weighted by molar-refractivity contribution is 0.102. The Morgan fingerprint density at radius 1 is 1.00 bits per heavy atom. The second kappa shape index (κ2) is 9.30. The number of nitrogens with zero attached hydrogens (tertiary/aromatic N) is 4. The molecule has 0 fully saturated rings. The highest BCUT2D eigenvalue weighted by Crippen LogP contribution is 2.22. The van der Waals surface area contributed by atoms with Gasteiger partial charge in [0.2, 0.25) is 5.95 Å². The number of halogens is 1. The molecule has 0 aliphatic heterocycles. The van der Waals surface area contributed by atoms with Crippen LogP contribution in [-0.4, -0.2) is 25.4 Å². The minimum absolute atomic E-state index is 0.274. The van der Waals surface area contributed by atoms with Crippen molar-refractivity contribution < 1.29 is 9.18 Å². The van der Waals surface area contributed by atoms with Gasteiger partial charge in [0.1, 0.15) is 11.5 Å². The van der Waals surface area contributed by atoms with E-state index < -0.39 is 0 Å². The van der Waals surface area contributed by atoms with E-state index in [1.165, 1.54) is 23.5 Å². The third-order valence-electron chi connectivity index (χ3n) is 5.25. The molecule has 8 heteroatoms. The van der Waals surface area contributed by atoms with E-state index in [4.69, 9.17) is 0 Å². The second-order valence-electron chi connectivity index (χ2n) is 7.53. The predicted molar refractivity (Wildman–Crippen MR) is 127 cm³/mol. The molecule has 2 aromatic carbocycles. The molecular weight excluding hydrogens is 437 g/mol. The lowest BCUT2D eigenvalue weighted by Gasteiger charge is -2.09. The minimum atomic E-state index is -0.314. The quantitative estimate of drug-likeness (QED) is 0.369. The van der Waals surface area contributed by atoms with Gasteiger partial charge in [-0.2, -0.15) is 0 Å². The summed E-state index contributed by atoms with van der Waals surface area (Å²) in [4.78, 5) is 26.4.